The molecule has 0 radical (unpaired) electrons. The van der Waals surface area contributed by atoms with E-state index in [1.165, 1.54) is 25.3 Å². The van der Waals surface area contributed by atoms with Crippen LogP contribution in [0.4, 0.5) is 5.82 Å². The summed E-state index contributed by atoms with van der Waals surface area (Å²) in [5.74, 6) is -3.39. The molecule has 1 aliphatic rings. The Balaban J connectivity index is 2.37. The number of nitrogens with one attached hydrogen (secondary N) is 1. The van der Waals surface area contributed by atoms with Gasteiger partial charge < -0.3 is 15.2 Å². The van der Waals surface area contributed by atoms with Gasteiger partial charge in [-0.1, -0.05) is 0 Å². The summed E-state index contributed by atoms with van der Waals surface area (Å²) in [4.78, 5) is 60.3. The molecule has 138 valence electrons. The molecule has 2 amide bonds. The number of benzene rings is 1. The van der Waals surface area contributed by atoms with Gasteiger partial charge in [0.15, 0.2) is 0 Å². The number of esters is 2. The molecule has 0 saturated heterocycles. The third kappa shape index (κ3) is 2.72. The van der Waals surface area contributed by atoms with Gasteiger partial charge in [-0.2, -0.15) is 0 Å². The number of nitrogens with two attached hydrogens (primary N) is 1. The number of fused-ring (bicyclic) bond motifs is 1. The molecule has 0 aliphatic carbocycles. The Morgan fingerprint density at radius 3 is 2.30 bits per heavy atom. The summed E-state index contributed by atoms with van der Waals surface area (Å²) in [6, 6.07) is 4.71. The predicted octanol–water partition coefficient (Wildman–Crippen LogP) is -0.123. The first-order valence-electron chi connectivity index (χ1n) is 7.52. The Bertz CT molecular complexity index is 1080. The van der Waals surface area contributed by atoms with E-state index < -0.39 is 29.3 Å². The number of nitrogens with zero attached hydrogens (tertiary/aromatic N) is 1. The highest BCUT2D eigenvalue weighted by Crippen LogP contribution is 2.25. The van der Waals surface area contributed by atoms with E-state index in [9.17, 15) is 24.0 Å². The molecule has 0 fully saturated rings. The molecule has 2 heterocycles. The number of hydrogen-bond acceptors (Lipinski definition) is 8. The fourth-order valence-corrected chi connectivity index (χ4v) is 2.77. The lowest BCUT2D eigenvalue weighted by Crippen LogP contribution is -2.26. The number of hydrogen-bond donors (Lipinski definition) is 2. The standard InChI is InChI=1S/C17H13N3O7/c1-26-16(24)7-3-4-8(17(25)27-2)10(5-7)20-11(21)6-9-12(13(20)18)15(23)19-14(9)22/h3-6H,18H2,1-2H3,(H,19,22,23). The van der Waals surface area contributed by atoms with Crippen molar-refractivity contribution in [2.75, 3.05) is 20.0 Å². The Morgan fingerprint density at radius 2 is 1.67 bits per heavy atom. The average molecular weight is 371 g/mol. The Morgan fingerprint density at radius 1 is 1.00 bits per heavy atom. The number of ether oxygens (including phenoxy) is 2. The number of anilines is 1. The van der Waals surface area contributed by atoms with Crippen LogP contribution < -0.4 is 16.6 Å². The van der Waals surface area contributed by atoms with E-state index >= 15 is 0 Å². The van der Waals surface area contributed by atoms with E-state index in [4.69, 9.17) is 10.5 Å². The molecule has 1 aromatic carbocycles. The summed E-state index contributed by atoms with van der Waals surface area (Å²) >= 11 is 0. The number of methoxy groups -OCH3 is 2. The van der Waals surface area contributed by atoms with Crippen molar-refractivity contribution in [3.05, 3.63) is 56.9 Å². The maximum atomic E-state index is 12.6. The third-order valence-corrected chi connectivity index (χ3v) is 4.02. The summed E-state index contributed by atoms with van der Waals surface area (Å²) in [6.07, 6.45) is 0. The van der Waals surface area contributed by atoms with Crippen molar-refractivity contribution in [3.8, 4) is 5.69 Å². The molecule has 27 heavy (non-hydrogen) atoms. The number of carbonyl (C=O) groups excluding carboxylic acids is 4. The topological polar surface area (TPSA) is 147 Å². The van der Waals surface area contributed by atoms with Gasteiger partial charge in [-0.05, 0) is 18.2 Å². The van der Waals surface area contributed by atoms with E-state index in [-0.39, 0.29) is 33.8 Å². The van der Waals surface area contributed by atoms with Crippen LogP contribution in [0.1, 0.15) is 41.4 Å². The normalized spacial score (nSPS) is 12.4. The van der Waals surface area contributed by atoms with Crippen LogP contribution in [0.25, 0.3) is 5.69 Å². The summed E-state index contributed by atoms with van der Waals surface area (Å²) < 4.78 is 10.2. The fourth-order valence-electron chi connectivity index (χ4n) is 2.77. The second-order valence-corrected chi connectivity index (χ2v) is 5.49. The van der Waals surface area contributed by atoms with E-state index in [1.807, 2.05) is 5.32 Å². The van der Waals surface area contributed by atoms with Crippen LogP contribution in [0.2, 0.25) is 0 Å². The number of pyridine rings is 1. The summed E-state index contributed by atoms with van der Waals surface area (Å²) in [6.45, 7) is 0. The monoisotopic (exact) mass is 371 g/mol. The van der Waals surface area contributed by atoms with Crippen molar-refractivity contribution in [2.24, 2.45) is 0 Å². The van der Waals surface area contributed by atoms with Crippen molar-refractivity contribution in [3.63, 3.8) is 0 Å². The number of aromatic nitrogens is 1. The molecule has 3 N–H and O–H groups in total. The summed E-state index contributed by atoms with van der Waals surface area (Å²) in [7, 11) is 2.31. The zero-order valence-corrected chi connectivity index (χ0v) is 14.2. The Kier molecular flexibility index (Phi) is 4.24. The van der Waals surface area contributed by atoms with E-state index in [2.05, 4.69) is 4.74 Å². The maximum absolute atomic E-state index is 12.6. The quantitative estimate of drug-likeness (QED) is 0.560. The number of nitrogen functional groups attached to an aromatic ring is 1. The molecule has 0 spiro atoms. The van der Waals surface area contributed by atoms with Crippen molar-refractivity contribution < 1.29 is 28.7 Å². The van der Waals surface area contributed by atoms with Gasteiger partial charge >= 0.3 is 11.9 Å². The number of amides is 2. The average Bonchev–Trinajstić information content (AvgIpc) is 2.93. The second-order valence-electron chi connectivity index (χ2n) is 5.49. The molecule has 1 aromatic heterocycles. The first-order valence-corrected chi connectivity index (χ1v) is 7.52. The smallest absolute Gasteiger partial charge is 0.339 e. The van der Waals surface area contributed by atoms with Gasteiger partial charge in [-0.3, -0.25) is 24.3 Å². The van der Waals surface area contributed by atoms with Gasteiger partial charge in [0.2, 0.25) is 0 Å². The van der Waals surface area contributed by atoms with Crippen LogP contribution in [0.15, 0.2) is 29.1 Å². The fraction of sp³-hybridized carbons (Fsp3) is 0.118. The molecule has 2 aromatic rings. The van der Waals surface area contributed by atoms with E-state index in [1.54, 1.807) is 0 Å². The second kappa shape index (κ2) is 6.41. The first kappa shape index (κ1) is 17.9. The maximum Gasteiger partial charge on any atom is 0.339 e. The highest BCUT2D eigenvalue weighted by molar-refractivity contribution is 6.23. The SMILES string of the molecule is COC(=O)c1ccc(C(=O)OC)c(-n2c(N)c3c(cc2=O)C(=O)NC3=O)c1. The van der Waals surface area contributed by atoms with Crippen LogP contribution in [0, 0.1) is 0 Å². The number of carbonyl (C=O) groups is 4. The number of rotatable bonds is 3. The molecule has 0 unspecified atom stereocenters. The third-order valence-electron chi connectivity index (χ3n) is 4.02. The van der Waals surface area contributed by atoms with Crippen LogP contribution in [0.5, 0.6) is 0 Å². The molecule has 1 aliphatic heterocycles. The van der Waals surface area contributed by atoms with E-state index in [0.717, 1.165) is 17.7 Å². The molecule has 0 atom stereocenters. The molecule has 10 heteroatoms. The molecule has 10 nitrogen and oxygen atoms in total. The summed E-state index contributed by atoms with van der Waals surface area (Å²) in [5.41, 5.74) is 4.70. The minimum atomic E-state index is -0.797. The van der Waals surface area contributed by atoms with E-state index in [0.29, 0.717) is 0 Å². The number of imide groups is 1. The Labute approximate surface area is 151 Å². The van der Waals surface area contributed by atoms with Crippen molar-refractivity contribution in [1.82, 2.24) is 9.88 Å². The lowest BCUT2D eigenvalue weighted by atomic mass is 10.1. The minimum Gasteiger partial charge on any atom is -0.465 e. The first-order chi connectivity index (χ1) is 12.8. The summed E-state index contributed by atoms with van der Waals surface area (Å²) in [5, 5.41) is 2.04. The van der Waals surface area contributed by atoms with Crippen molar-refractivity contribution in [2.45, 2.75) is 0 Å². The predicted molar refractivity (Wildman–Crippen MR) is 90.9 cm³/mol. The van der Waals surface area contributed by atoms with Crippen LogP contribution in [0.3, 0.4) is 0 Å². The molecular formula is C17H13N3O7. The zero-order valence-electron chi connectivity index (χ0n) is 14.2. The molecule has 3 rings (SSSR count). The van der Waals surface area contributed by atoms with Gasteiger partial charge in [-0.15, -0.1) is 0 Å². The van der Waals surface area contributed by atoms with Gasteiger partial charge in [0.05, 0.1) is 42.2 Å². The van der Waals surface area contributed by atoms with Gasteiger partial charge in [0.1, 0.15) is 5.82 Å². The highest BCUT2D eigenvalue weighted by atomic mass is 16.5. The van der Waals surface area contributed by atoms with Crippen LogP contribution in [-0.4, -0.2) is 42.5 Å². The zero-order chi connectivity index (χ0) is 19.9. The van der Waals surface area contributed by atoms with Crippen molar-refractivity contribution >= 4 is 29.6 Å². The van der Waals surface area contributed by atoms with Gasteiger partial charge in [-0.25, -0.2) is 9.59 Å². The molecular weight excluding hydrogens is 358 g/mol. The van der Waals surface area contributed by atoms with Gasteiger partial charge in [0, 0.05) is 6.07 Å². The lowest BCUT2D eigenvalue weighted by Gasteiger charge is -2.15. The molecule has 0 bridgehead atoms. The Hall–Kier alpha value is -3.95. The molecule has 0 saturated carbocycles. The van der Waals surface area contributed by atoms with Crippen molar-refractivity contribution in [1.29, 1.82) is 0 Å². The highest BCUT2D eigenvalue weighted by Gasteiger charge is 2.32. The van der Waals surface area contributed by atoms with Crippen LogP contribution in [-0.2, 0) is 9.47 Å². The lowest BCUT2D eigenvalue weighted by molar-refractivity contribution is 0.0586. The van der Waals surface area contributed by atoms with Gasteiger partial charge in [0.25, 0.3) is 17.4 Å². The van der Waals surface area contributed by atoms with Crippen LogP contribution >= 0.6 is 0 Å². The largest absolute Gasteiger partial charge is 0.465 e. The minimum absolute atomic E-state index is 0.0347.